The quantitative estimate of drug-likeness (QED) is 0.412. The molecule has 0 aliphatic rings. The Kier molecular flexibility index (Phi) is 4.34. The number of carbonyl (C=O) groups is 1. The highest BCUT2D eigenvalue weighted by molar-refractivity contribution is 9.10. The second-order valence-corrected chi connectivity index (χ2v) is 8.45. The highest BCUT2D eigenvalue weighted by atomic mass is 79.9. The predicted octanol–water partition coefficient (Wildman–Crippen LogP) is 5.82. The number of hydrogen-bond donors (Lipinski definition) is 2. The van der Waals surface area contributed by atoms with Gasteiger partial charge in [-0.25, -0.2) is 14.8 Å². The standard InChI is InChI=1S/C21H19BrN4O2/c1-21(2,3)26(20(27)28)17-9-12-6-4-5-7-14(12)18(25-17)13-8-15-16(22)11-24-19(15)23-10-13/h4-11H,1-3H3,(H,23,24)(H,27,28). The Labute approximate surface area is 170 Å². The minimum atomic E-state index is -1.04. The summed E-state index contributed by atoms with van der Waals surface area (Å²) in [5.41, 5.74) is 1.67. The van der Waals surface area contributed by atoms with Gasteiger partial charge in [0, 0.05) is 38.7 Å². The average Bonchev–Trinajstić information content (AvgIpc) is 3.00. The van der Waals surface area contributed by atoms with Crippen molar-refractivity contribution in [1.82, 2.24) is 15.0 Å². The van der Waals surface area contributed by atoms with Gasteiger partial charge in [0.2, 0.25) is 0 Å². The first-order chi connectivity index (χ1) is 13.3. The van der Waals surface area contributed by atoms with E-state index in [1.165, 1.54) is 4.90 Å². The maximum absolute atomic E-state index is 12.0. The van der Waals surface area contributed by atoms with E-state index in [0.717, 1.165) is 31.8 Å². The predicted molar refractivity (Wildman–Crippen MR) is 115 cm³/mol. The average molecular weight is 439 g/mol. The molecule has 6 nitrogen and oxygen atoms in total. The van der Waals surface area contributed by atoms with Gasteiger partial charge in [-0.3, -0.25) is 4.90 Å². The summed E-state index contributed by atoms with van der Waals surface area (Å²) in [5.74, 6) is 0.391. The largest absolute Gasteiger partial charge is 0.465 e. The van der Waals surface area contributed by atoms with Gasteiger partial charge < -0.3 is 10.1 Å². The monoisotopic (exact) mass is 438 g/mol. The Hall–Kier alpha value is -2.93. The third kappa shape index (κ3) is 3.11. The van der Waals surface area contributed by atoms with E-state index in [1.54, 1.807) is 6.20 Å². The normalized spacial score (nSPS) is 11.9. The van der Waals surface area contributed by atoms with E-state index >= 15 is 0 Å². The number of anilines is 1. The van der Waals surface area contributed by atoms with Crippen molar-refractivity contribution < 1.29 is 9.90 Å². The molecule has 3 aromatic heterocycles. The molecule has 0 bridgehead atoms. The van der Waals surface area contributed by atoms with Gasteiger partial charge in [0.25, 0.3) is 0 Å². The maximum Gasteiger partial charge on any atom is 0.413 e. The molecule has 0 atom stereocenters. The number of hydrogen-bond acceptors (Lipinski definition) is 3. The van der Waals surface area contributed by atoms with Crippen LogP contribution < -0.4 is 4.90 Å². The molecule has 3 heterocycles. The van der Waals surface area contributed by atoms with E-state index in [1.807, 2.05) is 63.4 Å². The lowest BCUT2D eigenvalue weighted by Crippen LogP contribution is -2.45. The molecule has 0 aliphatic carbocycles. The first-order valence-electron chi connectivity index (χ1n) is 8.81. The van der Waals surface area contributed by atoms with Gasteiger partial charge in [-0.15, -0.1) is 0 Å². The van der Waals surface area contributed by atoms with Crippen molar-refractivity contribution in [3.05, 3.63) is 53.3 Å². The van der Waals surface area contributed by atoms with E-state index in [2.05, 4.69) is 25.9 Å². The van der Waals surface area contributed by atoms with E-state index in [4.69, 9.17) is 4.98 Å². The molecule has 0 spiro atoms. The zero-order chi connectivity index (χ0) is 20.1. The topological polar surface area (TPSA) is 82.1 Å². The van der Waals surface area contributed by atoms with Crippen molar-refractivity contribution in [1.29, 1.82) is 0 Å². The number of benzene rings is 1. The number of pyridine rings is 2. The second kappa shape index (κ2) is 6.60. The summed E-state index contributed by atoms with van der Waals surface area (Å²) in [7, 11) is 0. The molecule has 142 valence electrons. The number of nitrogens with zero attached hydrogens (tertiary/aromatic N) is 3. The molecule has 28 heavy (non-hydrogen) atoms. The number of halogens is 1. The van der Waals surface area contributed by atoms with Crippen molar-refractivity contribution in [2.45, 2.75) is 26.3 Å². The van der Waals surface area contributed by atoms with Crippen molar-refractivity contribution in [2.24, 2.45) is 0 Å². The minimum Gasteiger partial charge on any atom is -0.465 e. The number of aromatic nitrogens is 3. The van der Waals surface area contributed by atoms with E-state index in [0.29, 0.717) is 11.5 Å². The van der Waals surface area contributed by atoms with Crippen LogP contribution in [0.15, 0.2) is 53.3 Å². The van der Waals surface area contributed by atoms with Crippen LogP contribution in [0.3, 0.4) is 0 Å². The second-order valence-electron chi connectivity index (χ2n) is 7.60. The van der Waals surface area contributed by atoms with E-state index in [9.17, 15) is 9.90 Å². The summed E-state index contributed by atoms with van der Waals surface area (Å²) in [5, 5.41) is 12.6. The highest BCUT2D eigenvalue weighted by Crippen LogP contribution is 2.34. The minimum absolute atomic E-state index is 0.391. The van der Waals surface area contributed by atoms with Crippen molar-refractivity contribution >= 4 is 49.6 Å². The van der Waals surface area contributed by atoms with Crippen LogP contribution in [0.25, 0.3) is 33.1 Å². The van der Waals surface area contributed by atoms with E-state index in [-0.39, 0.29) is 0 Å². The fourth-order valence-corrected chi connectivity index (χ4v) is 3.77. The smallest absolute Gasteiger partial charge is 0.413 e. The van der Waals surface area contributed by atoms with Gasteiger partial charge in [-0.1, -0.05) is 24.3 Å². The molecular formula is C21H19BrN4O2. The first-order valence-corrected chi connectivity index (χ1v) is 9.61. The Bertz CT molecular complexity index is 1210. The first kappa shape index (κ1) is 18.4. The molecule has 2 N–H and O–H groups in total. The number of rotatable bonds is 2. The third-order valence-corrected chi connectivity index (χ3v) is 5.23. The molecule has 1 aromatic carbocycles. The summed E-state index contributed by atoms with van der Waals surface area (Å²) in [6.45, 7) is 5.55. The lowest BCUT2D eigenvalue weighted by molar-refractivity contribution is 0.195. The van der Waals surface area contributed by atoms with Crippen molar-refractivity contribution in [2.75, 3.05) is 4.90 Å². The maximum atomic E-state index is 12.0. The van der Waals surface area contributed by atoms with Gasteiger partial charge in [-0.05, 0) is 54.2 Å². The van der Waals surface area contributed by atoms with Crippen LogP contribution in [0.4, 0.5) is 10.6 Å². The Morgan fingerprint density at radius 1 is 1.18 bits per heavy atom. The molecule has 0 radical (unpaired) electrons. The lowest BCUT2D eigenvalue weighted by Gasteiger charge is -2.32. The van der Waals surface area contributed by atoms with Crippen LogP contribution in [0.1, 0.15) is 20.8 Å². The van der Waals surface area contributed by atoms with Gasteiger partial charge in [0.15, 0.2) is 0 Å². The number of nitrogens with one attached hydrogen (secondary N) is 1. The van der Waals surface area contributed by atoms with Gasteiger partial charge in [-0.2, -0.15) is 0 Å². The van der Waals surface area contributed by atoms with Crippen LogP contribution in [-0.2, 0) is 0 Å². The van der Waals surface area contributed by atoms with E-state index < -0.39 is 11.6 Å². The fraction of sp³-hybridized carbons (Fsp3) is 0.190. The summed E-state index contributed by atoms with van der Waals surface area (Å²) in [4.78, 5) is 25.6. The number of aromatic amines is 1. The molecule has 0 unspecified atom stereocenters. The van der Waals surface area contributed by atoms with Gasteiger partial charge >= 0.3 is 6.09 Å². The molecule has 0 aliphatic heterocycles. The van der Waals surface area contributed by atoms with Crippen LogP contribution in [0, 0.1) is 0 Å². The van der Waals surface area contributed by atoms with Crippen molar-refractivity contribution in [3.63, 3.8) is 0 Å². The Morgan fingerprint density at radius 2 is 1.93 bits per heavy atom. The molecule has 1 amide bonds. The summed E-state index contributed by atoms with van der Waals surface area (Å²) >= 11 is 3.53. The van der Waals surface area contributed by atoms with Crippen LogP contribution in [-0.4, -0.2) is 31.7 Å². The highest BCUT2D eigenvalue weighted by Gasteiger charge is 2.29. The summed E-state index contributed by atoms with van der Waals surface area (Å²) in [6, 6.07) is 11.7. The molecule has 0 saturated heterocycles. The van der Waals surface area contributed by atoms with Crippen LogP contribution in [0.2, 0.25) is 0 Å². The summed E-state index contributed by atoms with van der Waals surface area (Å²) < 4.78 is 0.916. The van der Waals surface area contributed by atoms with Gasteiger partial charge in [0.05, 0.1) is 5.69 Å². The molecule has 4 aromatic rings. The number of fused-ring (bicyclic) bond motifs is 2. The number of H-pyrrole nitrogens is 1. The zero-order valence-electron chi connectivity index (χ0n) is 15.7. The molecule has 7 heteroatoms. The lowest BCUT2D eigenvalue weighted by atomic mass is 10.0. The molecule has 0 saturated carbocycles. The van der Waals surface area contributed by atoms with Gasteiger partial charge in [0.1, 0.15) is 11.5 Å². The third-order valence-electron chi connectivity index (χ3n) is 4.57. The SMILES string of the molecule is CC(C)(C)N(C(=O)O)c1cc2ccccc2c(-c2cnc3[nH]cc(Br)c3c2)n1. The van der Waals surface area contributed by atoms with Crippen LogP contribution in [0.5, 0.6) is 0 Å². The summed E-state index contributed by atoms with van der Waals surface area (Å²) in [6.07, 6.45) is 2.56. The fourth-order valence-electron chi connectivity index (χ4n) is 3.35. The molecular weight excluding hydrogens is 420 g/mol. The zero-order valence-corrected chi connectivity index (χ0v) is 17.3. The number of amides is 1. The Morgan fingerprint density at radius 3 is 2.64 bits per heavy atom. The van der Waals surface area contributed by atoms with Crippen LogP contribution >= 0.6 is 15.9 Å². The van der Waals surface area contributed by atoms with Crippen molar-refractivity contribution in [3.8, 4) is 11.3 Å². The number of carboxylic acid groups (broad SMARTS) is 1. The molecule has 4 rings (SSSR count). The Balaban J connectivity index is 2.01. The molecule has 0 fully saturated rings.